The average Bonchev–Trinajstić information content (AvgIpc) is 2.59. The van der Waals surface area contributed by atoms with Crippen LogP contribution in [-0.4, -0.2) is 22.9 Å². The van der Waals surface area contributed by atoms with Crippen molar-refractivity contribution < 1.29 is 0 Å². The van der Waals surface area contributed by atoms with E-state index >= 15 is 0 Å². The lowest BCUT2D eigenvalue weighted by atomic mass is 9.99. The second kappa shape index (κ2) is 7.57. The molecule has 104 valence electrons. The van der Waals surface area contributed by atoms with Gasteiger partial charge in [0.1, 0.15) is 0 Å². The van der Waals surface area contributed by atoms with Crippen molar-refractivity contribution in [2.75, 3.05) is 7.05 Å². The van der Waals surface area contributed by atoms with Crippen molar-refractivity contribution in [1.82, 2.24) is 15.1 Å². The maximum Gasteiger partial charge on any atom is 0.0628 e. The molecule has 0 aliphatic heterocycles. The summed E-state index contributed by atoms with van der Waals surface area (Å²) in [6.07, 6.45) is 7.65. The molecule has 0 bridgehead atoms. The van der Waals surface area contributed by atoms with E-state index in [2.05, 4.69) is 38.2 Å². The lowest BCUT2D eigenvalue weighted by molar-refractivity contribution is 0.464. The Kier molecular flexibility index (Phi) is 6.41. The predicted molar refractivity (Wildman–Crippen MR) is 78.0 cm³/mol. The molecule has 3 heteroatoms. The third-order valence-corrected chi connectivity index (χ3v) is 3.97. The Labute approximate surface area is 112 Å². The van der Waals surface area contributed by atoms with Crippen molar-refractivity contribution in [2.45, 2.75) is 65.3 Å². The fraction of sp³-hybridized carbons (Fsp3) is 0.800. The zero-order valence-corrected chi connectivity index (χ0v) is 12.7. The lowest BCUT2D eigenvalue weighted by Gasteiger charge is -2.16. The SMILES string of the molecule is CCCCCC(CCc1c(C)nn(C)c1C)NC. The third kappa shape index (κ3) is 4.13. The first-order chi connectivity index (χ1) is 8.60. The van der Waals surface area contributed by atoms with Crippen molar-refractivity contribution in [3.63, 3.8) is 0 Å². The van der Waals surface area contributed by atoms with Gasteiger partial charge in [-0.2, -0.15) is 5.10 Å². The minimum absolute atomic E-state index is 0.649. The zero-order chi connectivity index (χ0) is 13.5. The molecule has 0 fully saturated rings. The van der Waals surface area contributed by atoms with E-state index in [0.29, 0.717) is 6.04 Å². The van der Waals surface area contributed by atoms with Crippen LogP contribution in [0.2, 0.25) is 0 Å². The van der Waals surface area contributed by atoms with Crippen LogP contribution in [0.25, 0.3) is 0 Å². The smallest absolute Gasteiger partial charge is 0.0628 e. The largest absolute Gasteiger partial charge is 0.317 e. The van der Waals surface area contributed by atoms with E-state index in [-0.39, 0.29) is 0 Å². The van der Waals surface area contributed by atoms with Gasteiger partial charge in [-0.15, -0.1) is 0 Å². The maximum absolute atomic E-state index is 4.49. The standard InChI is InChI=1S/C15H29N3/c1-6-7-8-9-14(16-4)10-11-15-12(2)17-18(5)13(15)3/h14,16H,6-11H2,1-5H3. The Balaban J connectivity index is 2.46. The predicted octanol–water partition coefficient (Wildman–Crippen LogP) is 3.14. The molecule has 0 spiro atoms. The van der Waals surface area contributed by atoms with Crippen molar-refractivity contribution in [2.24, 2.45) is 7.05 Å². The van der Waals surface area contributed by atoms with Gasteiger partial charge in [0.2, 0.25) is 0 Å². The molecule has 0 radical (unpaired) electrons. The van der Waals surface area contributed by atoms with Crippen LogP contribution in [0.4, 0.5) is 0 Å². The molecule has 3 nitrogen and oxygen atoms in total. The summed E-state index contributed by atoms with van der Waals surface area (Å²) in [4.78, 5) is 0. The highest BCUT2D eigenvalue weighted by Crippen LogP contribution is 2.16. The Bertz CT molecular complexity index is 355. The molecule has 0 aliphatic carbocycles. The van der Waals surface area contributed by atoms with E-state index in [0.717, 1.165) is 6.42 Å². The van der Waals surface area contributed by atoms with Gasteiger partial charge in [-0.3, -0.25) is 4.68 Å². The van der Waals surface area contributed by atoms with E-state index in [1.165, 1.54) is 49.1 Å². The van der Waals surface area contributed by atoms with E-state index < -0.39 is 0 Å². The van der Waals surface area contributed by atoms with Gasteiger partial charge in [0, 0.05) is 18.8 Å². The van der Waals surface area contributed by atoms with Crippen LogP contribution in [0.1, 0.15) is 56.0 Å². The molecule has 1 N–H and O–H groups in total. The summed E-state index contributed by atoms with van der Waals surface area (Å²) in [6.45, 7) is 6.55. The molecule has 1 rings (SSSR count). The topological polar surface area (TPSA) is 29.9 Å². The van der Waals surface area contributed by atoms with Gasteiger partial charge in [0.25, 0.3) is 0 Å². The van der Waals surface area contributed by atoms with E-state index in [4.69, 9.17) is 0 Å². The number of hydrogen-bond donors (Lipinski definition) is 1. The maximum atomic E-state index is 4.49. The number of aromatic nitrogens is 2. The summed E-state index contributed by atoms with van der Waals surface area (Å²) in [7, 11) is 4.11. The average molecular weight is 251 g/mol. The summed E-state index contributed by atoms with van der Waals surface area (Å²) in [5.74, 6) is 0. The van der Waals surface area contributed by atoms with E-state index in [1.807, 2.05) is 11.7 Å². The molecule has 1 aromatic heterocycles. The van der Waals surface area contributed by atoms with Crippen molar-refractivity contribution in [3.8, 4) is 0 Å². The Morgan fingerprint density at radius 2 is 1.94 bits per heavy atom. The molecular formula is C15H29N3. The summed E-state index contributed by atoms with van der Waals surface area (Å²) in [6, 6.07) is 0.649. The van der Waals surface area contributed by atoms with Gasteiger partial charge >= 0.3 is 0 Å². The highest BCUT2D eigenvalue weighted by atomic mass is 15.3. The molecule has 0 saturated carbocycles. The molecule has 1 unspecified atom stereocenters. The number of hydrogen-bond acceptors (Lipinski definition) is 2. The highest BCUT2D eigenvalue weighted by Gasteiger charge is 2.12. The first-order valence-corrected chi connectivity index (χ1v) is 7.26. The number of nitrogens with zero attached hydrogens (tertiary/aromatic N) is 2. The first-order valence-electron chi connectivity index (χ1n) is 7.26. The second-order valence-electron chi connectivity index (χ2n) is 5.29. The number of rotatable bonds is 8. The molecule has 1 atom stereocenters. The lowest BCUT2D eigenvalue weighted by Crippen LogP contribution is -2.25. The highest BCUT2D eigenvalue weighted by molar-refractivity contribution is 5.24. The fourth-order valence-corrected chi connectivity index (χ4v) is 2.57. The second-order valence-corrected chi connectivity index (χ2v) is 5.29. The number of aryl methyl sites for hydroxylation is 2. The first kappa shape index (κ1) is 15.2. The van der Waals surface area contributed by atoms with Gasteiger partial charge in [-0.25, -0.2) is 0 Å². The zero-order valence-electron chi connectivity index (χ0n) is 12.7. The van der Waals surface area contributed by atoms with Crippen LogP contribution < -0.4 is 5.32 Å². The monoisotopic (exact) mass is 251 g/mol. The minimum atomic E-state index is 0.649. The van der Waals surface area contributed by atoms with Crippen LogP contribution in [-0.2, 0) is 13.5 Å². The van der Waals surface area contributed by atoms with Crippen LogP contribution >= 0.6 is 0 Å². The summed E-state index contributed by atoms with van der Waals surface area (Å²) < 4.78 is 2.00. The summed E-state index contributed by atoms with van der Waals surface area (Å²) in [5, 5.41) is 7.94. The quantitative estimate of drug-likeness (QED) is 0.719. The Morgan fingerprint density at radius 3 is 2.44 bits per heavy atom. The molecule has 18 heavy (non-hydrogen) atoms. The Hall–Kier alpha value is -0.830. The molecule has 0 aliphatic rings. The summed E-state index contributed by atoms with van der Waals surface area (Å²) >= 11 is 0. The van der Waals surface area contributed by atoms with Crippen molar-refractivity contribution in [1.29, 1.82) is 0 Å². The van der Waals surface area contributed by atoms with Gasteiger partial charge in [-0.1, -0.05) is 26.2 Å². The van der Waals surface area contributed by atoms with Gasteiger partial charge in [0.05, 0.1) is 5.69 Å². The fourth-order valence-electron chi connectivity index (χ4n) is 2.57. The van der Waals surface area contributed by atoms with Crippen LogP contribution in [0, 0.1) is 13.8 Å². The molecule has 0 aromatic carbocycles. The van der Waals surface area contributed by atoms with Crippen LogP contribution in [0.5, 0.6) is 0 Å². The minimum Gasteiger partial charge on any atom is -0.317 e. The van der Waals surface area contributed by atoms with Gasteiger partial charge in [-0.05, 0) is 45.7 Å². The van der Waals surface area contributed by atoms with Gasteiger partial charge in [0.15, 0.2) is 0 Å². The number of nitrogens with one attached hydrogen (secondary N) is 1. The molecule has 0 saturated heterocycles. The molecule has 0 amide bonds. The van der Waals surface area contributed by atoms with Crippen molar-refractivity contribution in [3.05, 3.63) is 17.0 Å². The molecule has 1 heterocycles. The van der Waals surface area contributed by atoms with Crippen LogP contribution in [0.15, 0.2) is 0 Å². The summed E-state index contributed by atoms with van der Waals surface area (Å²) in [5.41, 5.74) is 3.95. The van der Waals surface area contributed by atoms with E-state index in [1.54, 1.807) is 0 Å². The van der Waals surface area contributed by atoms with Crippen molar-refractivity contribution >= 4 is 0 Å². The normalized spacial score (nSPS) is 12.9. The van der Waals surface area contributed by atoms with Gasteiger partial charge < -0.3 is 5.32 Å². The van der Waals surface area contributed by atoms with E-state index in [9.17, 15) is 0 Å². The third-order valence-electron chi connectivity index (χ3n) is 3.97. The number of unbranched alkanes of at least 4 members (excludes halogenated alkanes) is 2. The van der Waals surface area contributed by atoms with Crippen LogP contribution in [0.3, 0.4) is 0 Å². The molecule has 1 aromatic rings. The Morgan fingerprint density at radius 1 is 1.22 bits per heavy atom. The molecular weight excluding hydrogens is 222 g/mol.